The summed E-state index contributed by atoms with van der Waals surface area (Å²) in [5, 5.41) is 0. The Kier molecular flexibility index (Phi) is 5.91. The number of hydrogen-bond acceptors (Lipinski definition) is 3. The molecule has 0 aliphatic rings. The van der Waals surface area contributed by atoms with Crippen molar-refractivity contribution in [1.82, 2.24) is 0 Å². The van der Waals surface area contributed by atoms with E-state index in [1.54, 1.807) is 11.8 Å². The Balaban J connectivity index is 2.31. The Hall–Kier alpha value is -0.480. The van der Waals surface area contributed by atoms with Gasteiger partial charge in [-0.15, -0.1) is 11.8 Å². The van der Waals surface area contributed by atoms with Gasteiger partial charge in [-0.3, -0.25) is 4.79 Å². The Labute approximate surface area is 109 Å². The van der Waals surface area contributed by atoms with Crippen LogP contribution >= 0.6 is 27.7 Å². The maximum absolute atomic E-state index is 11.3. The van der Waals surface area contributed by atoms with Crippen LogP contribution in [0.5, 0.6) is 0 Å². The third-order valence-electron chi connectivity index (χ3n) is 1.77. The molecule has 1 aromatic rings. The molecule has 0 unspecified atom stereocenters. The Morgan fingerprint density at radius 3 is 2.75 bits per heavy atom. The minimum Gasteiger partial charge on any atom is -0.463 e. The molecule has 0 bridgehead atoms. The molecule has 1 aromatic carbocycles. The maximum atomic E-state index is 11.3. The van der Waals surface area contributed by atoms with Crippen molar-refractivity contribution in [2.75, 3.05) is 5.75 Å². The van der Waals surface area contributed by atoms with Gasteiger partial charge in [0.15, 0.2) is 0 Å². The molecule has 0 aliphatic carbocycles. The molecule has 0 N–H and O–H groups in total. The van der Waals surface area contributed by atoms with E-state index in [0.29, 0.717) is 6.42 Å². The number of thioether (sulfide) groups is 1. The van der Waals surface area contributed by atoms with Crippen LogP contribution < -0.4 is 0 Å². The maximum Gasteiger partial charge on any atom is 0.306 e. The molecule has 0 aromatic heterocycles. The molecule has 0 saturated carbocycles. The van der Waals surface area contributed by atoms with Crippen molar-refractivity contribution in [2.45, 2.75) is 31.3 Å². The Morgan fingerprint density at radius 1 is 1.44 bits per heavy atom. The lowest BCUT2D eigenvalue weighted by atomic mass is 10.4. The van der Waals surface area contributed by atoms with Gasteiger partial charge in [0, 0.05) is 15.1 Å². The summed E-state index contributed by atoms with van der Waals surface area (Å²) in [4.78, 5) is 12.4. The van der Waals surface area contributed by atoms with E-state index in [0.717, 1.165) is 15.1 Å². The molecule has 0 amide bonds. The first-order chi connectivity index (χ1) is 7.59. The Bertz CT molecular complexity index is 353. The van der Waals surface area contributed by atoms with E-state index in [2.05, 4.69) is 15.9 Å². The van der Waals surface area contributed by atoms with Crippen molar-refractivity contribution in [3.05, 3.63) is 28.7 Å². The van der Waals surface area contributed by atoms with Crippen LogP contribution in [0.2, 0.25) is 0 Å². The number of carbonyl (C=O) groups excluding carboxylic acids is 1. The first kappa shape index (κ1) is 13.6. The molecule has 2 nitrogen and oxygen atoms in total. The van der Waals surface area contributed by atoms with Crippen LogP contribution in [0.25, 0.3) is 0 Å². The summed E-state index contributed by atoms with van der Waals surface area (Å²) < 4.78 is 6.12. The molecular formula is C12H15BrO2S. The van der Waals surface area contributed by atoms with Crippen LogP contribution in [0.15, 0.2) is 33.6 Å². The lowest BCUT2D eigenvalue weighted by Gasteiger charge is -2.07. The molecule has 0 fully saturated rings. The molecule has 0 atom stereocenters. The topological polar surface area (TPSA) is 26.3 Å². The van der Waals surface area contributed by atoms with E-state index >= 15 is 0 Å². The van der Waals surface area contributed by atoms with E-state index in [-0.39, 0.29) is 12.1 Å². The summed E-state index contributed by atoms with van der Waals surface area (Å²) in [5.74, 6) is 0.614. The van der Waals surface area contributed by atoms with E-state index in [4.69, 9.17) is 4.74 Å². The van der Waals surface area contributed by atoms with Gasteiger partial charge in [0.1, 0.15) is 0 Å². The van der Waals surface area contributed by atoms with Gasteiger partial charge < -0.3 is 4.74 Å². The third-order valence-corrected chi connectivity index (χ3v) is 3.80. The zero-order valence-corrected chi connectivity index (χ0v) is 11.8. The summed E-state index contributed by atoms with van der Waals surface area (Å²) in [6, 6.07) is 7.98. The van der Waals surface area contributed by atoms with E-state index in [9.17, 15) is 4.79 Å². The van der Waals surface area contributed by atoms with Gasteiger partial charge in [-0.05, 0) is 41.9 Å². The predicted octanol–water partition coefficient (Wildman–Crippen LogP) is 3.88. The summed E-state index contributed by atoms with van der Waals surface area (Å²) in [5.41, 5.74) is 0. The summed E-state index contributed by atoms with van der Waals surface area (Å²) in [6.07, 6.45) is 0.422. The van der Waals surface area contributed by atoms with Crippen LogP contribution in [0.1, 0.15) is 20.3 Å². The highest BCUT2D eigenvalue weighted by Gasteiger charge is 2.06. The molecule has 0 spiro atoms. The standard InChI is InChI=1S/C12H15BrO2S/c1-9(2)15-12(14)7-8-16-11-6-4-3-5-10(11)13/h3-6,9H,7-8H2,1-2H3. The molecule has 0 aliphatic heterocycles. The quantitative estimate of drug-likeness (QED) is 0.610. The monoisotopic (exact) mass is 302 g/mol. The van der Waals surface area contributed by atoms with Crippen molar-refractivity contribution in [2.24, 2.45) is 0 Å². The highest BCUT2D eigenvalue weighted by Crippen LogP contribution is 2.27. The first-order valence-corrected chi connectivity index (χ1v) is 6.94. The van der Waals surface area contributed by atoms with Crippen LogP contribution in [-0.4, -0.2) is 17.8 Å². The molecule has 88 valence electrons. The van der Waals surface area contributed by atoms with Crippen molar-refractivity contribution in [3.8, 4) is 0 Å². The average molecular weight is 303 g/mol. The fraction of sp³-hybridized carbons (Fsp3) is 0.417. The highest BCUT2D eigenvalue weighted by atomic mass is 79.9. The normalized spacial score (nSPS) is 10.5. The number of hydrogen-bond donors (Lipinski definition) is 0. The Morgan fingerprint density at radius 2 is 2.12 bits per heavy atom. The second-order valence-corrected chi connectivity index (χ2v) is 5.56. The van der Waals surface area contributed by atoms with Crippen LogP contribution in [0.3, 0.4) is 0 Å². The fourth-order valence-corrected chi connectivity index (χ4v) is 2.63. The zero-order chi connectivity index (χ0) is 12.0. The molecule has 0 heterocycles. The molecule has 16 heavy (non-hydrogen) atoms. The minimum atomic E-state index is -0.130. The van der Waals surface area contributed by atoms with Gasteiger partial charge in [-0.1, -0.05) is 12.1 Å². The fourth-order valence-electron chi connectivity index (χ4n) is 1.13. The lowest BCUT2D eigenvalue weighted by molar-refractivity contribution is -0.146. The molecular weight excluding hydrogens is 288 g/mol. The van der Waals surface area contributed by atoms with E-state index in [1.807, 2.05) is 38.1 Å². The third kappa shape index (κ3) is 5.03. The largest absolute Gasteiger partial charge is 0.463 e. The molecule has 0 saturated heterocycles. The number of esters is 1. The van der Waals surface area contributed by atoms with Gasteiger partial charge in [0.05, 0.1) is 12.5 Å². The van der Waals surface area contributed by atoms with E-state index in [1.165, 1.54) is 0 Å². The molecule has 1 rings (SSSR count). The van der Waals surface area contributed by atoms with Crippen molar-refractivity contribution < 1.29 is 9.53 Å². The summed E-state index contributed by atoms with van der Waals surface area (Å²) >= 11 is 5.12. The number of halogens is 1. The van der Waals surface area contributed by atoms with Gasteiger partial charge in [-0.2, -0.15) is 0 Å². The van der Waals surface area contributed by atoms with Gasteiger partial charge in [-0.25, -0.2) is 0 Å². The first-order valence-electron chi connectivity index (χ1n) is 5.16. The van der Waals surface area contributed by atoms with Gasteiger partial charge in [0.25, 0.3) is 0 Å². The van der Waals surface area contributed by atoms with Crippen LogP contribution in [-0.2, 0) is 9.53 Å². The summed E-state index contributed by atoms with van der Waals surface area (Å²) in [7, 11) is 0. The smallest absolute Gasteiger partial charge is 0.306 e. The second kappa shape index (κ2) is 6.97. The minimum absolute atomic E-state index is 0.0269. The average Bonchev–Trinajstić information content (AvgIpc) is 2.19. The summed E-state index contributed by atoms with van der Waals surface area (Å²) in [6.45, 7) is 3.72. The van der Waals surface area contributed by atoms with Crippen molar-refractivity contribution in [3.63, 3.8) is 0 Å². The number of benzene rings is 1. The van der Waals surface area contributed by atoms with E-state index < -0.39 is 0 Å². The van der Waals surface area contributed by atoms with Crippen molar-refractivity contribution >= 4 is 33.7 Å². The van der Waals surface area contributed by atoms with Gasteiger partial charge >= 0.3 is 5.97 Å². The lowest BCUT2D eigenvalue weighted by Crippen LogP contribution is -2.11. The second-order valence-electron chi connectivity index (χ2n) is 3.57. The molecule has 4 heteroatoms. The zero-order valence-electron chi connectivity index (χ0n) is 9.40. The molecule has 0 radical (unpaired) electrons. The van der Waals surface area contributed by atoms with Crippen LogP contribution in [0, 0.1) is 0 Å². The number of rotatable bonds is 5. The van der Waals surface area contributed by atoms with Crippen LogP contribution in [0.4, 0.5) is 0 Å². The van der Waals surface area contributed by atoms with Gasteiger partial charge in [0.2, 0.25) is 0 Å². The van der Waals surface area contributed by atoms with Crippen molar-refractivity contribution in [1.29, 1.82) is 0 Å². The number of ether oxygens (including phenoxy) is 1. The predicted molar refractivity (Wildman–Crippen MR) is 70.7 cm³/mol. The SMILES string of the molecule is CC(C)OC(=O)CCSc1ccccc1Br. The highest BCUT2D eigenvalue weighted by molar-refractivity contribution is 9.10. The number of carbonyl (C=O) groups is 1.